The smallest absolute Gasteiger partial charge is 0.321 e. The molecule has 0 saturated carbocycles. The predicted molar refractivity (Wildman–Crippen MR) is 108 cm³/mol. The quantitative estimate of drug-likeness (QED) is 0.732. The van der Waals surface area contributed by atoms with E-state index < -0.39 is 0 Å². The molecule has 140 valence electrons. The Morgan fingerprint density at radius 1 is 1.22 bits per heavy atom. The average molecular weight is 383 g/mol. The first-order chi connectivity index (χ1) is 13.2. The van der Waals surface area contributed by atoms with Crippen LogP contribution in [0.3, 0.4) is 0 Å². The summed E-state index contributed by atoms with van der Waals surface area (Å²) >= 11 is 1.63. The standard InChI is InChI=1S/C20H21N3O3S/c1-2-26-16-7-8-17-18(13-16)27-19(22-17)14-3-5-15(6-4-14)21-20(24)23-9-11-25-12-10-23/h3-8,13H,2,9-12H2,1H3,(H,21,24). The summed E-state index contributed by atoms with van der Waals surface area (Å²) in [6.07, 6.45) is 0. The third-order valence-electron chi connectivity index (χ3n) is 4.35. The number of fused-ring (bicyclic) bond motifs is 1. The first-order valence-corrected chi connectivity index (χ1v) is 9.82. The van der Waals surface area contributed by atoms with Gasteiger partial charge >= 0.3 is 6.03 Å². The molecule has 0 unspecified atom stereocenters. The highest BCUT2D eigenvalue weighted by atomic mass is 32.1. The van der Waals surface area contributed by atoms with Crippen LogP contribution >= 0.6 is 11.3 Å². The van der Waals surface area contributed by atoms with E-state index in [-0.39, 0.29) is 6.03 Å². The molecule has 27 heavy (non-hydrogen) atoms. The summed E-state index contributed by atoms with van der Waals surface area (Å²) in [7, 11) is 0. The van der Waals surface area contributed by atoms with Crippen LogP contribution in [-0.4, -0.2) is 48.8 Å². The van der Waals surface area contributed by atoms with Gasteiger partial charge in [-0.3, -0.25) is 0 Å². The Bertz CT molecular complexity index is 933. The van der Waals surface area contributed by atoms with Gasteiger partial charge < -0.3 is 19.7 Å². The van der Waals surface area contributed by atoms with Gasteiger partial charge in [0.25, 0.3) is 0 Å². The van der Waals surface area contributed by atoms with E-state index in [2.05, 4.69) is 5.32 Å². The van der Waals surface area contributed by atoms with E-state index in [0.29, 0.717) is 32.9 Å². The van der Waals surface area contributed by atoms with Crippen molar-refractivity contribution >= 4 is 33.3 Å². The first-order valence-electron chi connectivity index (χ1n) is 9.00. The number of aromatic nitrogens is 1. The molecule has 2 amide bonds. The maximum Gasteiger partial charge on any atom is 0.321 e. The number of nitrogens with one attached hydrogen (secondary N) is 1. The van der Waals surface area contributed by atoms with Crippen molar-refractivity contribution in [3.8, 4) is 16.3 Å². The van der Waals surface area contributed by atoms with E-state index in [1.807, 2.05) is 49.4 Å². The lowest BCUT2D eigenvalue weighted by Gasteiger charge is -2.26. The molecule has 2 heterocycles. The van der Waals surface area contributed by atoms with Crippen LogP contribution in [0.2, 0.25) is 0 Å². The van der Waals surface area contributed by atoms with Gasteiger partial charge in [-0.1, -0.05) is 0 Å². The van der Waals surface area contributed by atoms with Crippen molar-refractivity contribution in [2.24, 2.45) is 0 Å². The van der Waals surface area contributed by atoms with Crippen molar-refractivity contribution in [1.29, 1.82) is 0 Å². The molecule has 0 radical (unpaired) electrons. The number of carbonyl (C=O) groups is 1. The lowest BCUT2D eigenvalue weighted by atomic mass is 10.2. The molecule has 0 bridgehead atoms. The van der Waals surface area contributed by atoms with Gasteiger partial charge in [-0.25, -0.2) is 9.78 Å². The molecule has 1 saturated heterocycles. The lowest BCUT2D eigenvalue weighted by Crippen LogP contribution is -2.43. The van der Waals surface area contributed by atoms with Gasteiger partial charge in [-0.15, -0.1) is 11.3 Å². The second-order valence-corrected chi connectivity index (χ2v) is 7.22. The number of benzene rings is 2. The minimum absolute atomic E-state index is 0.0884. The Morgan fingerprint density at radius 2 is 2.00 bits per heavy atom. The largest absolute Gasteiger partial charge is 0.494 e. The average Bonchev–Trinajstić information content (AvgIpc) is 3.13. The first kappa shape index (κ1) is 17.8. The fourth-order valence-electron chi connectivity index (χ4n) is 2.95. The number of ether oxygens (including phenoxy) is 2. The molecule has 0 spiro atoms. The van der Waals surface area contributed by atoms with Gasteiger partial charge in [0.15, 0.2) is 0 Å². The Hall–Kier alpha value is -2.64. The third-order valence-corrected chi connectivity index (χ3v) is 5.42. The van der Waals surface area contributed by atoms with Gasteiger partial charge in [0.05, 0.1) is 30.0 Å². The number of thiazole rings is 1. The Morgan fingerprint density at radius 3 is 2.74 bits per heavy atom. The predicted octanol–water partition coefficient (Wildman–Crippen LogP) is 4.23. The highest BCUT2D eigenvalue weighted by molar-refractivity contribution is 7.21. The van der Waals surface area contributed by atoms with Gasteiger partial charge in [-0.05, 0) is 49.4 Å². The van der Waals surface area contributed by atoms with Crippen LogP contribution in [0.4, 0.5) is 10.5 Å². The Balaban J connectivity index is 1.48. The number of carbonyl (C=O) groups excluding carboxylic acids is 1. The molecule has 4 rings (SSSR count). The van der Waals surface area contributed by atoms with Crippen molar-refractivity contribution in [1.82, 2.24) is 9.88 Å². The highest BCUT2D eigenvalue weighted by Gasteiger charge is 2.16. The van der Waals surface area contributed by atoms with Crippen LogP contribution in [-0.2, 0) is 4.74 Å². The molecule has 1 aliphatic heterocycles. The van der Waals surface area contributed by atoms with Gasteiger partial charge in [0.2, 0.25) is 0 Å². The number of urea groups is 1. The summed E-state index contributed by atoms with van der Waals surface area (Å²) in [5, 5.41) is 3.89. The normalized spacial score (nSPS) is 14.3. The number of nitrogens with zero attached hydrogens (tertiary/aromatic N) is 2. The lowest BCUT2D eigenvalue weighted by molar-refractivity contribution is 0.0564. The molecule has 2 aromatic carbocycles. The van der Waals surface area contributed by atoms with Crippen molar-refractivity contribution in [3.05, 3.63) is 42.5 Å². The third kappa shape index (κ3) is 4.04. The molecule has 3 aromatic rings. The van der Waals surface area contributed by atoms with Crippen molar-refractivity contribution < 1.29 is 14.3 Å². The molecular formula is C20H21N3O3S. The molecule has 0 aliphatic carbocycles. The van der Waals surface area contributed by atoms with Crippen LogP contribution in [0, 0.1) is 0 Å². The summed E-state index contributed by atoms with van der Waals surface area (Å²) < 4.78 is 11.9. The van der Waals surface area contributed by atoms with E-state index in [1.54, 1.807) is 16.2 Å². The molecule has 1 aliphatic rings. The van der Waals surface area contributed by atoms with Crippen molar-refractivity contribution in [2.75, 3.05) is 38.2 Å². The minimum atomic E-state index is -0.0884. The van der Waals surface area contributed by atoms with Gasteiger partial charge in [-0.2, -0.15) is 0 Å². The summed E-state index contributed by atoms with van der Waals surface area (Å²) in [4.78, 5) is 18.7. The second-order valence-electron chi connectivity index (χ2n) is 6.19. The highest BCUT2D eigenvalue weighted by Crippen LogP contribution is 2.32. The summed E-state index contributed by atoms with van der Waals surface area (Å²) in [6.45, 7) is 5.05. The topological polar surface area (TPSA) is 63.7 Å². The zero-order valence-electron chi connectivity index (χ0n) is 15.1. The number of amides is 2. The van der Waals surface area contributed by atoms with Gasteiger partial charge in [0, 0.05) is 24.3 Å². The fourth-order valence-corrected chi connectivity index (χ4v) is 3.95. The summed E-state index contributed by atoms with van der Waals surface area (Å²) in [5.41, 5.74) is 2.76. The minimum Gasteiger partial charge on any atom is -0.494 e. The summed E-state index contributed by atoms with van der Waals surface area (Å²) in [6, 6.07) is 13.6. The van der Waals surface area contributed by atoms with Gasteiger partial charge in [0.1, 0.15) is 10.8 Å². The monoisotopic (exact) mass is 383 g/mol. The van der Waals surface area contributed by atoms with Crippen molar-refractivity contribution in [2.45, 2.75) is 6.92 Å². The number of rotatable bonds is 4. The fraction of sp³-hybridized carbons (Fsp3) is 0.300. The maximum atomic E-state index is 12.3. The molecule has 0 atom stereocenters. The number of anilines is 1. The van der Waals surface area contributed by atoms with E-state index >= 15 is 0 Å². The van der Waals surface area contributed by atoms with E-state index in [9.17, 15) is 4.79 Å². The maximum absolute atomic E-state index is 12.3. The van der Waals surface area contributed by atoms with Crippen LogP contribution in [0.5, 0.6) is 5.75 Å². The zero-order valence-corrected chi connectivity index (χ0v) is 15.9. The molecule has 7 heteroatoms. The molecule has 1 aromatic heterocycles. The summed E-state index contributed by atoms with van der Waals surface area (Å²) in [5.74, 6) is 0.862. The van der Waals surface area contributed by atoms with Crippen molar-refractivity contribution in [3.63, 3.8) is 0 Å². The Kier molecular flexibility index (Phi) is 5.22. The van der Waals surface area contributed by atoms with Crippen LogP contribution < -0.4 is 10.1 Å². The Labute approximate surface area is 161 Å². The SMILES string of the molecule is CCOc1ccc2nc(-c3ccc(NC(=O)N4CCOCC4)cc3)sc2c1. The number of hydrogen-bond donors (Lipinski definition) is 1. The molecule has 6 nitrogen and oxygen atoms in total. The van der Waals surface area contributed by atoms with E-state index in [0.717, 1.165) is 32.2 Å². The van der Waals surface area contributed by atoms with E-state index in [4.69, 9.17) is 14.5 Å². The van der Waals surface area contributed by atoms with E-state index in [1.165, 1.54) is 0 Å². The molecule has 1 N–H and O–H groups in total. The second kappa shape index (κ2) is 7.94. The van der Waals surface area contributed by atoms with Crippen LogP contribution in [0.15, 0.2) is 42.5 Å². The molecular weight excluding hydrogens is 362 g/mol. The zero-order chi connectivity index (χ0) is 18.6. The van der Waals surface area contributed by atoms with Crippen LogP contribution in [0.1, 0.15) is 6.92 Å². The number of hydrogen-bond acceptors (Lipinski definition) is 5. The van der Waals surface area contributed by atoms with Crippen LogP contribution in [0.25, 0.3) is 20.8 Å². The number of morpholine rings is 1. The molecule has 1 fully saturated rings.